The molecule has 0 aromatic heterocycles. The van der Waals surface area contributed by atoms with E-state index in [1.54, 1.807) is 0 Å². The molecule has 0 saturated carbocycles. The monoisotopic (exact) mass is 552 g/mol. The average Bonchev–Trinajstić information content (AvgIpc) is 3.12. The molecule has 0 fully saturated rings. The fourth-order valence-corrected chi connectivity index (χ4v) is 4.80. The van der Waals surface area contributed by atoms with Gasteiger partial charge in [0.2, 0.25) is 0 Å². The van der Waals surface area contributed by atoms with Crippen LogP contribution in [0.3, 0.4) is 0 Å². The molecule has 28 heavy (non-hydrogen) atoms. The van der Waals surface area contributed by atoms with E-state index in [2.05, 4.69) is 108 Å². The van der Waals surface area contributed by atoms with E-state index in [1.807, 2.05) is 0 Å². The van der Waals surface area contributed by atoms with Crippen LogP contribution in [0.2, 0.25) is 0 Å². The Bertz CT molecular complexity index is 1020. The summed E-state index contributed by atoms with van der Waals surface area (Å²) in [5.74, 6) is 0. The molecule has 2 heteroatoms. The summed E-state index contributed by atoms with van der Waals surface area (Å²) in [4.78, 5) is 0. The minimum absolute atomic E-state index is 0. The van der Waals surface area contributed by atoms with E-state index in [-0.39, 0.29) is 31.3 Å². The van der Waals surface area contributed by atoms with Crippen molar-refractivity contribution in [2.24, 2.45) is 5.41 Å². The van der Waals surface area contributed by atoms with Gasteiger partial charge in [-0.1, -0.05) is 63.4 Å². The summed E-state index contributed by atoms with van der Waals surface area (Å²) < 4.78 is 0. The molecule has 3 aromatic carbocycles. The van der Waals surface area contributed by atoms with Gasteiger partial charge in [0, 0.05) is 0 Å². The van der Waals surface area contributed by atoms with Gasteiger partial charge in [-0.15, -0.1) is 55.8 Å². The first-order valence-electron chi connectivity index (χ1n) is 9.57. The van der Waals surface area contributed by atoms with Crippen molar-refractivity contribution in [2.45, 2.75) is 41.5 Å². The number of rotatable bonds is 2. The number of allylic oxidation sites excluding steroid dienone is 4. The fraction of sp³-hybridized carbons (Fsp3) is 0.269. The molecule has 1 aliphatic carbocycles. The Hall–Kier alpha value is -1.17. The van der Waals surface area contributed by atoms with Gasteiger partial charge >= 0.3 is 25.8 Å². The minimum atomic E-state index is 0. The van der Waals surface area contributed by atoms with Crippen LogP contribution in [0.25, 0.3) is 10.8 Å². The quantitative estimate of drug-likeness (QED) is 0.191. The van der Waals surface area contributed by atoms with Crippen molar-refractivity contribution >= 4 is 30.0 Å². The number of hydrogen-bond acceptors (Lipinski definition) is 0. The van der Waals surface area contributed by atoms with Crippen LogP contribution in [0.5, 0.6) is 0 Å². The van der Waals surface area contributed by atoms with Gasteiger partial charge in [-0.2, -0.15) is 17.2 Å². The average molecular weight is 551 g/mol. The van der Waals surface area contributed by atoms with Gasteiger partial charge in [-0.25, -0.2) is 5.57 Å². The zero-order chi connectivity index (χ0) is 19.6. The Morgan fingerprint density at radius 2 is 1.50 bits per heavy atom. The van der Waals surface area contributed by atoms with Gasteiger partial charge in [0.1, 0.15) is 0 Å². The van der Waals surface area contributed by atoms with E-state index >= 15 is 0 Å². The number of fused-ring (bicyclic) bond motifs is 1. The third kappa shape index (κ3) is 5.05. The van der Waals surface area contributed by atoms with E-state index in [9.17, 15) is 0 Å². The molecule has 1 unspecified atom stereocenters. The second-order valence-electron chi connectivity index (χ2n) is 7.90. The van der Waals surface area contributed by atoms with Crippen LogP contribution < -0.4 is 10.6 Å². The molecule has 0 spiro atoms. The molecule has 1 atom stereocenters. The third-order valence-corrected chi connectivity index (χ3v) is 7.19. The van der Waals surface area contributed by atoms with Crippen LogP contribution in [0, 0.1) is 18.4 Å². The normalized spacial score (nSPS) is 15.4. The molecule has 0 saturated heterocycles. The zero-order valence-electron chi connectivity index (χ0n) is 17.8. The molecule has 4 rings (SSSR count). The predicted octanol–water partition coefficient (Wildman–Crippen LogP) is 6.61. The molecule has 0 amide bonds. The molecule has 1 aliphatic rings. The Kier molecular flexibility index (Phi) is 7.89. The third-order valence-electron chi connectivity index (χ3n) is 5.66. The standard InChI is InChI=1S/C16H14P.C10H15.Hf/c1-12-6-2-5-9-15(12)17-16-11-10-13-7-3-4-8-14(13)16;1-7-6-10(4,5)9(3)8(7)2;/h2-11,17H,1H3;1-5H3;/q2*-1;+4. The molecule has 0 aliphatic heterocycles. The van der Waals surface area contributed by atoms with Crippen LogP contribution in [0.1, 0.15) is 40.2 Å². The van der Waals surface area contributed by atoms with Crippen molar-refractivity contribution in [3.8, 4) is 0 Å². The summed E-state index contributed by atoms with van der Waals surface area (Å²) in [6.45, 7) is 13.1. The predicted molar refractivity (Wildman–Crippen MR) is 123 cm³/mol. The van der Waals surface area contributed by atoms with Crippen LogP contribution in [-0.2, 0) is 25.8 Å². The van der Waals surface area contributed by atoms with Gasteiger partial charge in [0.05, 0.1) is 0 Å². The second kappa shape index (κ2) is 9.55. The van der Waals surface area contributed by atoms with Crippen molar-refractivity contribution in [2.75, 3.05) is 0 Å². The molecule has 0 N–H and O–H groups in total. The molecule has 3 aromatic rings. The largest absolute Gasteiger partial charge is 4.00 e. The molecular formula is C26H29HfP+2. The number of aryl methyl sites for hydroxylation is 1. The minimum Gasteiger partial charge on any atom is -0.263 e. The van der Waals surface area contributed by atoms with Crippen molar-refractivity contribution in [1.29, 1.82) is 0 Å². The molecular weight excluding hydrogens is 522 g/mol. The number of hydrogen-bond donors (Lipinski definition) is 0. The maximum absolute atomic E-state index is 3.44. The van der Waals surface area contributed by atoms with Crippen molar-refractivity contribution in [1.82, 2.24) is 0 Å². The number of benzene rings is 2. The van der Waals surface area contributed by atoms with Gasteiger partial charge in [-0.05, 0) is 17.8 Å². The fourth-order valence-electron chi connectivity index (χ4n) is 3.52. The van der Waals surface area contributed by atoms with Gasteiger partial charge in [0.15, 0.2) is 0 Å². The SMILES string of the molecule is CC1=[C-]C(C)(C)C(C)=C1C.Cc1ccccc1P[c-]1ccc2ccccc21.[Hf+4]. The Morgan fingerprint density at radius 1 is 0.857 bits per heavy atom. The topological polar surface area (TPSA) is 0 Å². The molecule has 0 nitrogen and oxygen atoms in total. The Balaban J connectivity index is 0.000000221. The summed E-state index contributed by atoms with van der Waals surface area (Å²) in [6.07, 6.45) is 3.44. The first-order chi connectivity index (χ1) is 12.8. The maximum atomic E-state index is 3.44. The van der Waals surface area contributed by atoms with E-state index in [0.717, 1.165) is 8.58 Å². The summed E-state index contributed by atoms with van der Waals surface area (Å²) in [5.41, 5.74) is 5.78. The van der Waals surface area contributed by atoms with Crippen molar-refractivity contribution in [3.63, 3.8) is 0 Å². The van der Waals surface area contributed by atoms with E-state index in [4.69, 9.17) is 0 Å². The van der Waals surface area contributed by atoms with Gasteiger partial charge in [-0.3, -0.25) is 6.08 Å². The Morgan fingerprint density at radius 3 is 2.07 bits per heavy atom. The van der Waals surface area contributed by atoms with Crippen LogP contribution in [0.4, 0.5) is 0 Å². The zero-order valence-corrected chi connectivity index (χ0v) is 22.4. The van der Waals surface area contributed by atoms with E-state index in [1.165, 1.54) is 43.7 Å². The molecule has 140 valence electrons. The van der Waals surface area contributed by atoms with Gasteiger partial charge in [0.25, 0.3) is 0 Å². The smallest absolute Gasteiger partial charge is 0.263 e. The van der Waals surface area contributed by atoms with Crippen LogP contribution in [-0.4, -0.2) is 0 Å². The Labute approximate surface area is 191 Å². The van der Waals surface area contributed by atoms with Crippen LogP contribution in [0.15, 0.2) is 77.4 Å². The van der Waals surface area contributed by atoms with Crippen LogP contribution >= 0.6 is 8.58 Å². The summed E-state index contributed by atoms with van der Waals surface area (Å²) in [6, 6.07) is 21.7. The van der Waals surface area contributed by atoms with Gasteiger partial charge < -0.3 is 0 Å². The van der Waals surface area contributed by atoms with Crippen molar-refractivity contribution in [3.05, 3.63) is 89.0 Å². The first-order valence-corrected chi connectivity index (χ1v) is 10.6. The molecule has 0 bridgehead atoms. The summed E-state index contributed by atoms with van der Waals surface area (Å²) in [7, 11) is 0.754. The summed E-state index contributed by atoms with van der Waals surface area (Å²) >= 11 is 0. The summed E-state index contributed by atoms with van der Waals surface area (Å²) in [5, 5.41) is 5.65. The van der Waals surface area contributed by atoms with Crippen molar-refractivity contribution < 1.29 is 25.8 Å². The first kappa shape index (κ1) is 23.1. The maximum Gasteiger partial charge on any atom is 4.00 e. The molecule has 0 radical (unpaired) electrons. The molecule has 0 heterocycles. The van der Waals surface area contributed by atoms with E-state index in [0.29, 0.717) is 0 Å². The van der Waals surface area contributed by atoms with E-state index < -0.39 is 0 Å². The second-order valence-corrected chi connectivity index (χ2v) is 9.23.